The van der Waals surface area contributed by atoms with Crippen LogP contribution in [0.15, 0.2) is 9.42 Å². The van der Waals surface area contributed by atoms with E-state index in [9.17, 15) is 15.0 Å². The minimum Gasteiger partial charge on any atom is -0.474 e. The Morgan fingerprint density at radius 3 is 2.55 bits per heavy atom. The van der Waals surface area contributed by atoms with Gasteiger partial charge in [-0.25, -0.2) is 0 Å². The van der Waals surface area contributed by atoms with Crippen molar-refractivity contribution in [2.24, 2.45) is 23.2 Å². The Morgan fingerprint density at radius 2 is 2.00 bits per heavy atom. The zero-order valence-corrected chi connectivity index (χ0v) is 19.2. The van der Waals surface area contributed by atoms with E-state index in [2.05, 4.69) is 24.3 Å². The van der Waals surface area contributed by atoms with Crippen LogP contribution in [-0.2, 0) is 0 Å². The largest absolute Gasteiger partial charge is 0.474 e. The molecule has 1 aromatic rings. The number of carbonyl (C=O) groups is 1. The van der Waals surface area contributed by atoms with E-state index in [0.717, 1.165) is 51.4 Å². The van der Waals surface area contributed by atoms with Gasteiger partial charge >= 0.3 is 0 Å². The summed E-state index contributed by atoms with van der Waals surface area (Å²) >= 11 is 1.52. The Balaban J connectivity index is 1.31. The predicted octanol–water partition coefficient (Wildman–Crippen LogP) is 3.39. The first-order chi connectivity index (χ1) is 14.8. The molecule has 8 heteroatoms. The third-order valence-corrected chi connectivity index (χ3v) is 9.05. The van der Waals surface area contributed by atoms with E-state index in [1.165, 1.54) is 11.8 Å². The molecule has 5 aliphatic rings. The lowest BCUT2D eigenvalue weighted by molar-refractivity contribution is -0.137. The molecule has 1 heterocycles. The first-order valence-corrected chi connectivity index (χ1v) is 12.6. The Morgan fingerprint density at radius 1 is 1.29 bits per heavy atom. The van der Waals surface area contributed by atoms with E-state index in [-0.39, 0.29) is 35.0 Å². The number of hydrogen-bond acceptors (Lipinski definition) is 7. The third kappa shape index (κ3) is 4.00. The number of ether oxygens (including phenoxy) is 1. The molecule has 0 aromatic carbocycles. The van der Waals surface area contributed by atoms with E-state index in [1.54, 1.807) is 0 Å². The topological polar surface area (TPSA) is 105 Å². The zero-order chi connectivity index (χ0) is 21.8. The van der Waals surface area contributed by atoms with Gasteiger partial charge in [-0.1, -0.05) is 20.3 Å². The van der Waals surface area contributed by atoms with Crippen molar-refractivity contribution in [3.05, 3.63) is 5.76 Å². The molecule has 0 spiro atoms. The number of aromatic nitrogens is 1. The lowest BCUT2D eigenvalue weighted by atomic mass is 9.52. The Hall–Kier alpha value is -1.25. The van der Waals surface area contributed by atoms with Crippen molar-refractivity contribution in [3.8, 4) is 5.88 Å². The van der Waals surface area contributed by atoms with Gasteiger partial charge in [0.15, 0.2) is 0 Å². The number of amides is 1. The fourth-order valence-electron chi connectivity index (χ4n) is 6.52. The van der Waals surface area contributed by atoms with Crippen LogP contribution in [0.3, 0.4) is 0 Å². The van der Waals surface area contributed by atoms with Crippen LogP contribution in [0.2, 0.25) is 0 Å². The maximum absolute atomic E-state index is 13.2. The second kappa shape index (κ2) is 7.96. The van der Waals surface area contributed by atoms with Crippen LogP contribution in [0.1, 0.15) is 75.8 Å². The first-order valence-electron chi connectivity index (χ1n) is 11.7. The van der Waals surface area contributed by atoms with Gasteiger partial charge in [-0.05, 0) is 67.9 Å². The summed E-state index contributed by atoms with van der Waals surface area (Å²) in [7, 11) is 0. The second-order valence-corrected chi connectivity index (χ2v) is 12.4. The lowest BCUT2D eigenvalue weighted by Crippen LogP contribution is -2.61. The summed E-state index contributed by atoms with van der Waals surface area (Å²) in [5, 5.41) is 28.1. The fourth-order valence-corrected chi connectivity index (χ4v) is 7.43. The van der Waals surface area contributed by atoms with Crippen molar-refractivity contribution in [2.75, 3.05) is 13.2 Å². The average Bonchev–Trinajstić information content (AvgIpc) is 3.05. The van der Waals surface area contributed by atoms with Gasteiger partial charge in [0.05, 0.1) is 18.8 Å². The fraction of sp³-hybridized carbons (Fsp3) is 0.826. The summed E-state index contributed by atoms with van der Waals surface area (Å²) in [5.41, 5.74) is -0.713. The predicted molar refractivity (Wildman–Crippen MR) is 116 cm³/mol. The van der Waals surface area contributed by atoms with Gasteiger partial charge in [0.1, 0.15) is 4.90 Å². The molecule has 3 N–H and O–H groups in total. The molecule has 5 fully saturated rings. The molecule has 6 rings (SSSR count). The van der Waals surface area contributed by atoms with Crippen LogP contribution < -0.4 is 10.1 Å². The average molecular weight is 451 g/mol. The highest BCUT2D eigenvalue weighted by molar-refractivity contribution is 8.00. The number of nitrogens with one attached hydrogen (secondary N) is 1. The monoisotopic (exact) mass is 450 g/mol. The standard InChI is InChI=1S/C23H34N2O5S/c1-13(2)31-19-18(30-25-21(19)29-12-22(11-26)4-3-5-22)20(27)24-17-15-6-14-7-16(17)10-23(28,8-14)9-15/h13-17,26,28H,3-12H2,1-2H3,(H,24,27)/t14?,15?,16?,17-,23-. The van der Waals surface area contributed by atoms with Crippen molar-refractivity contribution in [3.63, 3.8) is 0 Å². The maximum atomic E-state index is 13.2. The normalized spacial score (nSPS) is 35.3. The van der Waals surface area contributed by atoms with Crippen molar-refractivity contribution < 1.29 is 24.3 Å². The van der Waals surface area contributed by atoms with Gasteiger partial charge in [0.25, 0.3) is 11.8 Å². The van der Waals surface area contributed by atoms with Crippen molar-refractivity contribution in [1.29, 1.82) is 0 Å². The van der Waals surface area contributed by atoms with Crippen molar-refractivity contribution >= 4 is 17.7 Å². The minimum atomic E-state index is -0.520. The van der Waals surface area contributed by atoms with Gasteiger partial charge in [0.2, 0.25) is 5.76 Å². The van der Waals surface area contributed by atoms with Gasteiger partial charge in [-0.15, -0.1) is 11.8 Å². The van der Waals surface area contributed by atoms with E-state index in [0.29, 0.717) is 35.1 Å². The summed E-state index contributed by atoms with van der Waals surface area (Å²) in [6.07, 6.45) is 7.66. The minimum absolute atomic E-state index is 0.0864. The Labute approximate surface area is 187 Å². The third-order valence-electron chi connectivity index (χ3n) is 7.98. The van der Waals surface area contributed by atoms with E-state index in [4.69, 9.17) is 9.26 Å². The number of thioether (sulfide) groups is 1. The molecule has 0 saturated heterocycles. The van der Waals surface area contributed by atoms with Crippen molar-refractivity contribution in [1.82, 2.24) is 10.5 Å². The summed E-state index contributed by atoms with van der Waals surface area (Å²) < 4.78 is 11.5. The van der Waals surface area contributed by atoms with Gasteiger partial charge in [-0.3, -0.25) is 4.79 Å². The Bertz CT molecular complexity index is 814. The lowest BCUT2D eigenvalue weighted by Gasteiger charge is -2.58. The number of nitrogens with zero attached hydrogens (tertiary/aromatic N) is 1. The van der Waals surface area contributed by atoms with E-state index < -0.39 is 5.60 Å². The van der Waals surface area contributed by atoms with Crippen LogP contribution in [0.5, 0.6) is 5.88 Å². The second-order valence-electron chi connectivity index (χ2n) is 10.8. The smallest absolute Gasteiger partial charge is 0.291 e. The molecule has 2 atom stereocenters. The van der Waals surface area contributed by atoms with Gasteiger partial charge < -0.3 is 24.8 Å². The quantitative estimate of drug-likeness (QED) is 0.522. The molecule has 5 saturated carbocycles. The van der Waals surface area contributed by atoms with Crippen LogP contribution >= 0.6 is 11.8 Å². The van der Waals surface area contributed by atoms with Crippen LogP contribution in [-0.4, -0.2) is 51.4 Å². The highest BCUT2D eigenvalue weighted by Gasteiger charge is 2.55. The van der Waals surface area contributed by atoms with E-state index in [1.807, 2.05) is 0 Å². The number of aliphatic hydroxyl groups excluding tert-OH is 1. The highest BCUT2D eigenvalue weighted by atomic mass is 32.2. The van der Waals surface area contributed by atoms with Crippen LogP contribution in [0.4, 0.5) is 0 Å². The molecular formula is C23H34N2O5S. The van der Waals surface area contributed by atoms with Gasteiger partial charge in [-0.2, -0.15) is 0 Å². The number of aliphatic hydroxyl groups is 2. The summed E-state index contributed by atoms with van der Waals surface area (Å²) in [4.78, 5) is 13.9. The Kier molecular flexibility index (Phi) is 5.54. The molecule has 172 valence electrons. The zero-order valence-electron chi connectivity index (χ0n) is 18.4. The molecule has 5 aliphatic carbocycles. The van der Waals surface area contributed by atoms with Crippen LogP contribution in [0, 0.1) is 23.2 Å². The number of hydrogen-bond donors (Lipinski definition) is 3. The molecule has 0 aliphatic heterocycles. The highest BCUT2D eigenvalue weighted by Crippen LogP contribution is 2.55. The van der Waals surface area contributed by atoms with Crippen LogP contribution in [0.25, 0.3) is 0 Å². The van der Waals surface area contributed by atoms with Gasteiger partial charge in [0, 0.05) is 16.7 Å². The molecule has 7 nitrogen and oxygen atoms in total. The molecule has 31 heavy (non-hydrogen) atoms. The molecule has 1 amide bonds. The SMILES string of the molecule is CC(C)Sc1c(OCC2(CO)CCC2)noc1C(=O)N[C@H]1C2CC3CC1C[C@](O)(C3)C2. The molecule has 0 radical (unpaired) electrons. The molecule has 1 aromatic heterocycles. The summed E-state index contributed by atoms with van der Waals surface area (Å²) in [5.74, 6) is 1.59. The molecule has 2 unspecified atom stereocenters. The number of carbonyl (C=O) groups excluding carboxylic acids is 1. The number of rotatable bonds is 8. The summed E-state index contributed by atoms with van der Waals surface area (Å²) in [6, 6.07) is 0.0864. The van der Waals surface area contributed by atoms with Crippen molar-refractivity contribution in [2.45, 2.75) is 87.0 Å². The molecular weight excluding hydrogens is 416 g/mol. The maximum Gasteiger partial charge on any atom is 0.291 e. The van der Waals surface area contributed by atoms with E-state index >= 15 is 0 Å². The first kappa shape index (κ1) is 21.6. The summed E-state index contributed by atoms with van der Waals surface area (Å²) in [6.45, 7) is 4.60. The molecule has 4 bridgehead atoms.